The summed E-state index contributed by atoms with van der Waals surface area (Å²) >= 11 is 0. The first-order chi connectivity index (χ1) is 13.3. The van der Waals surface area contributed by atoms with Crippen LogP contribution in [0.4, 0.5) is 5.69 Å². The van der Waals surface area contributed by atoms with Crippen molar-refractivity contribution in [3.63, 3.8) is 0 Å². The lowest BCUT2D eigenvalue weighted by Gasteiger charge is -2.26. The van der Waals surface area contributed by atoms with E-state index in [2.05, 4.69) is 51.9 Å². The van der Waals surface area contributed by atoms with Gasteiger partial charge in [0.15, 0.2) is 0 Å². The summed E-state index contributed by atoms with van der Waals surface area (Å²) in [6.07, 6.45) is 5.32. The third-order valence-electron chi connectivity index (χ3n) is 5.18. The molecule has 1 fully saturated rings. The van der Waals surface area contributed by atoms with Gasteiger partial charge in [-0.25, -0.2) is 0 Å². The Morgan fingerprint density at radius 3 is 2.30 bits per heavy atom. The normalized spacial score (nSPS) is 15.9. The van der Waals surface area contributed by atoms with Crippen molar-refractivity contribution in [3.8, 4) is 0 Å². The standard InChI is InChI=1S/C23H31N3O/c27-23(15-19-26-17-8-3-9-18-26)24-16-14-22(20-10-4-1-5-11-20)25-21-12-6-2-7-13-21/h1-2,4-7,10-13,22,25H,3,8-9,14-19H2,(H,24,27). The first-order valence-corrected chi connectivity index (χ1v) is 10.2. The van der Waals surface area contributed by atoms with Crippen LogP contribution in [0.5, 0.6) is 0 Å². The SMILES string of the molecule is O=C(CCN1CCCCC1)NCCC(Nc1ccccc1)c1ccccc1. The number of likely N-dealkylation sites (tertiary alicyclic amines) is 1. The molecule has 2 aromatic carbocycles. The van der Waals surface area contributed by atoms with Crippen molar-refractivity contribution in [3.05, 3.63) is 66.2 Å². The summed E-state index contributed by atoms with van der Waals surface area (Å²) in [5, 5.41) is 6.70. The van der Waals surface area contributed by atoms with Gasteiger partial charge in [-0.1, -0.05) is 55.0 Å². The maximum absolute atomic E-state index is 12.2. The zero-order chi connectivity index (χ0) is 18.7. The molecular formula is C23H31N3O. The van der Waals surface area contributed by atoms with E-state index in [1.165, 1.54) is 24.8 Å². The fourth-order valence-corrected chi connectivity index (χ4v) is 3.63. The van der Waals surface area contributed by atoms with Gasteiger partial charge in [-0.15, -0.1) is 0 Å². The Kier molecular flexibility index (Phi) is 7.72. The van der Waals surface area contributed by atoms with E-state index in [0.717, 1.165) is 31.7 Å². The summed E-state index contributed by atoms with van der Waals surface area (Å²) in [6, 6.07) is 20.8. The highest BCUT2D eigenvalue weighted by atomic mass is 16.1. The van der Waals surface area contributed by atoms with Crippen LogP contribution >= 0.6 is 0 Å². The molecule has 0 aromatic heterocycles. The summed E-state index contributed by atoms with van der Waals surface area (Å²) in [5.74, 6) is 0.159. The van der Waals surface area contributed by atoms with Crippen molar-refractivity contribution in [2.24, 2.45) is 0 Å². The van der Waals surface area contributed by atoms with E-state index in [9.17, 15) is 4.79 Å². The van der Waals surface area contributed by atoms with Crippen LogP contribution in [0.25, 0.3) is 0 Å². The highest BCUT2D eigenvalue weighted by molar-refractivity contribution is 5.76. The Bertz CT molecular complexity index is 669. The maximum atomic E-state index is 12.2. The monoisotopic (exact) mass is 365 g/mol. The minimum absolute atomic E-state index is 0.159. The quantitative estimate of drug-likeness (QED) is 0.699. The molecule has 0 spiro atoms. The minimum atomic E-state index is 0.159. The molecule has 144 valence electrons. The Morgan fingerprint density at radius 1 is 0.926 bits per heavy atom. The summed E-state index contributed by atoms with van der Waals surface area (Å²) in [7, 11) is 0. The molecule has 1 atom stereocenters. The Morgan fingerprint density at radius 2 is 1.59 bits per heavy atom. The van der Waals surface area contributed by atoms with Crippen LogP contribution in [0.1, 0.15) is 43.7 Å². The van der Waals surface area contributed by atoms with Gasteiger partial charge in [-0.05, 0) is 50.0 Å². The molecule has 0 radical (unpaired) electrons. The van der Waals surface area contributed by atoms with E-state index in [1.54, 1.807) is 0 Å². The summed E-state index contributed by atoms with van der Waals surface area (Å²) < 4.78 is 0. The number of piperidine rings is 1. The number of nitrogens with one attached hydrogen (secondary N) is 2. The van der Waals surface area contributed by atoms with Crippen LogP contribution in [0.15, 0.2) is 60.7 Å². The summed E-state index contributed by atoms with van der Waals surface area (Å²) in [4.78, 5) is 14.6. The molecule has 4 nitrogen and oxygen atoms in total. The van der Waals surface area contributed by atoms with Gasteiger partial charge < -0.3 is 15.5 Å². The maximum Gasteiger partial charge on any atom is 0.221 e. The van der Waals surface area contributed by atoms with E-state index in [4.69, 9.17) is 0 Å². The molecular weight excluding hydrogens is 334 g/mol. The smallest absolute Gasteiger partial charge is 0.221 e. The Hall–Kier alpha value is -2.33. The zero-order valence-corrected chi connectivity index (χ0v) is 16.1. The van der Waals surface area contributed by atoms with Crippen molar-refractivity contribution in [1.29, 1.82) is 0 Å². The largest absolute Gasteiger partial charge is 0.378 e. The highest BCUT2D eigenvalue weighted by Gasteiger charge is 2.13. The molecule has 2 aromatic rings. The lowest BCUT2D eigenvalue weighted by atomic mass is 10.0. The lowest BCUT2D eigenvalue weighted by Crippen LogP contribution is -2.34. The Labute approximate surface area is 163 Å². The van der Waals surface area contributed by atoms with Crippen LogP contribution in [0.3, 0.4) is 0 Å². The second kappa shape index (κ2) is 10.7. The minimum Gasteiger partial charge on any atom is -0.378 e. The number of nitrogens with zero attached hydrogens (tertiary/aromatic N) is 1. The summed E-state index contributed by atoms with van der Waals surface area (Å²) in [5.41, 5.74) is 2.34. The molecule has 0 bridgehead atoms. The molecule has 1 saturated heterocycles. The van der Waals surface area contributed by atoms with Crippen LogP contribution in [-0.4, -0.2) is 37.0 Å². The van der Waals surface area contributed by atoms with Gasteiger partial charge in [0.05, 0.1) is 6.04 Å². The number of amides is 1. The van der Waals surface area contributed by atoms with Crippen molar-refractivity contribution in [2.75, 3.05) is 31.5 Å². The van der Waals surface area contributed by atoms with Crippen LogP contribution in [0.2, 0.25) is 0 Å². The fraction of sp³-hybridized carbons (Fsp3) is 0.435. The second-order valence-electron chi connectivity index (χ2n) is 7.26. The van der Waals surface area contributed by atoms with Crippen molar-refractivity contribution in [1.82, 2.24) is 10.2 Å². The van der Waals surface area contributed by atoms with Gasteiger partial charge in [-0.3, -0.25) is 4.79 Å². The van der Waals surface area contributed by atoms with Crippen molar-refractivity contribution < 1.29 is 4.79 Å². The molecule has 1 aliphatic rings. The summed E-state index contributed by atoms with van der Waals surface area (Å²) in [6.45, 7) is 3.85. The molecule has 1 unspecified atom stereocenters. The number of benzene rings is 2. The average molecular weight is 366 g/mol. The van der Waals surface area contributed by atoms with Gasteiger partial charge in [0.2, 0.25) is 5.91 Å². The molecule has 27 heavy (non-hydrogen) atoms. The number of carbonyl (C=O) groups excluding carboxylic acids is 1. The first kappa shape index (κ1) is 19.4. The van der Waals surface area contributed by atoms with Crippen molar-refractivity contribution >= 4 is 11.6 Å². The van der Waals surface area contributed by atoms with Gasteiger partial charge in [0.1, 0.15) is 0 Å². The molecule has 0 saturated carbocycles. The molecule has 2 N–H and O–H groups in total. The topological polar surface area (TPSA) is 44.4 Å². The van der Waals surface area contributed by atoms with E-state index < -0.39 is 0 Å². The predicted octanol–water partition coefficient (Wildman–Crippen LogP) is 4.22. The molecule has 1 amide bonds. The number of hydrogen-bond donors (Lipinski definition) is 2. The van der Waals surface area contributed by atoms with Crippen molar-refractivity contribution in [2.45, 2.75) is 38.1 Å². The van der Waals surface area contributed by atoms with Gasteiger partial charge >= 0.3 is 0 Å². The van der Waals surface area contributed by atoms with Gasteiger partial charge in [0.25, 0.3) is 0 Å². The predicted molar refractivity (Wildman–Crippen MR) is 112 cm³/mol. The van der Waals surface area contributed by atoms with Crippen LogP contribution in [-0.2, 0) is 4.79 Å². The Balaban J connectivity index is 1.46. The number of hydrogen-bond acceptors (Lipinski definition) is 3. The average Bonchev–Trinajstić information content (AvgIpc) is 2.74. The molecule has 1 heterocycles. The third kappa shape index (κ3) is 6.72. The molecule has 3 rings (SSSR count). The molecule has 4 heteroatoms. The number of rotatable bonds is 9. The third-order valence-corrected chi connectivity index (χ3v) is 5.18. The molecule has 1 aliphatic heterocycles. The van der Waals surface area contributed by atoms with Crippen LogP contribution < -0.4 is 10.6 Å². The van der Waals surface area contributed by atoms with Gasteiger partial charge in [0, 0.05) is 25.2 Å². The number of para-hydroxylation sites is 1. The number of carbonyl (C=O) groups is 1. The zero-order valence-electron chi connectivity index (χ0n) is 16.1. The van der Waals surface area contributed by atoms with Crippen LogP contribution in [0, 0.1) is 0 Å². The fourth-order valence-electron chi connectivity index (χ4n) is 3.63. The lowest BCUT2D eigenvalue weighted by molar-refractivity contribution is -0.121. The molecule has 0 aliphatic carbocycles. The van der Waals surface area contributed by atoms with Gasteiger partial charge in [-0.2, -0.15) is 0 Å². The van der Waals surface area contributed by atoms with E-state index in [1.807, 2.05) is 24.3 Å². The first-order valence-electron chi connectivity index (χ1n) is 10.2. The van der Waals surface area contributed by atoms with E-state index in [-0.39, 0.29) is 11.9 Å². The second-order valence-corrected chi connectivity index (χ2v) is 7.26. The highest BCUT2D eigenvalue weighted by Crippen LogP contribution is 2.22. The van der Waals surface area contributed by atoms with E-state index >= 15 is 0 Å². The number of anilines is 1. The van der Waals surface area contributed by atoms with E-state index in [0.29, 0.717) is 13.0 Å².